The molecule has 36 heavy (non-hydrogen) atoms. The van der Waals surface area contributed by atoms with E-state index < -0.39 is 0 Å². The van der Waals surface area contributed by atoms with Gasteiger partial charge in [-0.2, -0.15) is 15.3 Å². The van der Waals surface area contributed by atoms with E-state index in [0.29, 0.717) is 30.5 Å². The Morgan fingerprint density at radius 2 is 1.86 bits per heavy atom. The highest BCUT2D eigenvalue weighted by molar-refractivity contribution is 5.94. The van der Waals surface area contributed by atoms with Gasteiger partial charge in [-0.25, -0.2) is 4.98 Å². The molecule has 0 radical (unpaired) electrons. The fourth-order valence-corrected chi connectivity index (χ4v) is 5.74. The van der Waals surface area contributed by atoms with Crippen molar-refractivity contribution in [1.29, 1.82) is 5.26 Å². The lowest BCUT2D eigenvalue weighted by molar-refractivity contribution is 0.135. The molecule has 0 unspecified atom stereocenters. The minimum Gasteiger partial charge on any atom is -0.351 e. The van der Waals surface area contributed by atoms with Gasteiger partial charge in [0.05, 0.1) is 11.6 Å². The fraction of sp³-hybridized carbons (Fsp3) is 0.370. The molecule has 2 aliphatic heterocycles. The predicted molar refractivity (Wildman–Crippen MR) is 140 cm³/mol. The highest BCUT2D eigenvalue weighted by Crippen LogP contribution is 2.37. The molecule has 4 aromatic rings. The van der Waals surface area contributed by atoms with Crippen LogP contribution in [-0.4, -0.2) is 54.7 Å². The van der Waals surface area contributed by atoms with Crippen LogP contribution >= 0.6 is 0 Å². The number of aromatic amines is 1. The number of fused-ring (bicyclic) bond motifs is 3. The molecule has 9 heteroatoms. The van der Waals surface area contributed by atoms with Gasteiger partial charge in [-0.1, -0.05) is 6.07 Å². The minimum atomic E-state index is 0.308. The number of nitrogens with zero attached hydrogens (tertiary/aromatic N) is 6. The number of hydrogen-bond donors (Lipinski definition) is 3. The lowest BCUT2D eigenvalue weighted by atomic mass is 9.97. The number of H-pyrrole nitrogens is 1. The molecule has 2 fully saturated rings. The van der Waals surface area contributed by atoms with E-state index >= 15 is 0 Å². The first-order valence-corrected chi connectivity index (χ1v) is 12.6. The van der Waals surface area contributed by atoms with Gasteiger partial charge in [0.2, 0.25) is 5.95 Å². The van der Waals surface area contributed by atoms with Crippen molar-refractivity contribution in [3.63, 3.8) is 0 Å². The van der Waals surface area contributed by atoms with Crippen molar-refractivity contribution in [2.24, 2.45) is 0 Å². The van der Waals surface area contributed by atoms with Gasteiger partial charge in [-0.3, -0.25) is 15.0 Å². The Labute approximate surface area is 210 Å². The Hall–Kier alpha value is -4.03. The van der Waals surface area contributed by atoms with Crippen molar-refractivity contribution in [2.45, 2.75) is 57.2 Å². The first-order valence-electron chi connectivity index (χ1n) is 12.6. The smallest absolute Gasteiger partial charge is 0.225 e. The minimum absolute atomic E-state index is 0.308. The third kappa shape index (κ3) is 4.48. The average molecular weight is 480 g/mol. The molecule has 0 spiro atoms. The first-order chi connectivity index (χ1) is 17.7. The zero-order valence-corrected chi connectivity index (χ0v) is 20.3. The van der Waals surface area contributed by atoms with Crippen LogP contribution in [0.5, 0.6) is 0 Å². The zero-order valence-electron chi connectivity index (χ0n) is 20.3. The Morgan fingerprint density at radius 3 is 2.58 bits per heavy atom. The summed E-state index contributed by atoms with van der Waals surface area (Å²) in [6.07, 6.45) is 8.69. The van der Waals surface area contributed by atoms with Gasteiger partial charge in [-0.05, 0) is 68.0 Å². The van der Waals surface area contributed by atoms with Gasteiger partial charge < -0.3 is 10.6 Å². The van der Waals surface area contributed by atoms with Gasteiger partial charge in [0.25, 0.3) is 0 Å². The van der Waals surface area contributed by atoms with Crippen molar-refractivity contribution < 1.29 is 0 Å². The third-order valence-corrected chi connectivity index (χ3v) is 7.36. The molecule has 9 nitrogen and oxygen atoms in total. The number of rotatable bonds is 7. The van der Waals surface area contributed by atoms with Crippen molar-refractivity contribution in [2.75, 3.05) is 17.2 Å². The topological polar surface area (TPSA) is 118 Å². The number of hydrogen-bond acceptors (Lipinski definition) is 8. The zero-order chi connectivity index (χ0) is 24.5. The van der Waals surface area contributed by atoms with Crippen LogP contribution < -0.4 is 10.6 Å². The van der Waals surface area contributed by atoms with E-state index in [1.807, 2.05) is 25.1 Å². The highest BCUT2D eigenvalue weighted by Gasteiger charge is 2.40. The molecule has 182 valence electrons. The number of nitriles is 1. The normalized spacial score (nSPS) is 21.4. The molecule has 1 aromatic carbocycles. The number of anilines is 3. The summed E-state index contributed by atoms with van der Waals surface area (Å²) in [7, 11) is 0. The monoisotopic (exact) mass is 479 g/mol. The van der Waals surface area contributed by atoms with E-state index in [-0.39, 0.29) is 0 Å². The molecule has 0 saturated carbocycles. The third-order valence-electron chi connectivity index (χ3n) is 7.36. The lowest BCUT2D eigenvalue weighted by Gasteiger charge is -2.38. The van der Waals surface area contributed by atoms with Gasteiger partial charge in [0.1, 0.15) is 5.82 Å². The molecular weight excluding hydrogens is 450 g/mol. The van der Waals surface area contributed by atoms with E-state index in [4.69, 9.17) is 15.2 Å². The van der Waals surface area contributed by atoms with Gasteiger partial charge >= 0.3 is 0 Å². The number of piperidine rings is 1. The van der Waals surface area contributed by atoms with E-state index in [1.54, 1.807) is 12.4 Å². The lowest BCUT2D eigenvalue weighted by Crippen LogP contribution is -2.47. The van der Waals surface area contributed by atoms with Gasteiger partial charge in [-0.15, -0.1) is 0 Å². The molecule has 2 aliphatic rings. The van der Waals surface area contributed by atoms with Crippen molar-refractivity contribution >= 4 is 28.5 Å². The van der Waals surface area contributed by atoms with Crippen LogP contribution in [0.1, 0.15) is 37.8 Å². The maximum Gasteiger partial charge on any atom is 0.225 e. The maximum atomic E-state index is 9.03. The summed E-state index contributed by atoms with van der Waals surface area (Å²) in [4.78, 5) is 16.5. The average Bonchev–Trinajstić information content (AvgIpc) is 3.41. The molecule has 3 N–H and O–H groups in total. The van der Waals surface area contributed by atoms with Crippen LogP contribution in [-0.2, 0) is 0 Å². The molecular formula is C27H29N9. The standard InChI is InChI=1S/C27H29N9/c1-17-13-25(35-34-17)32-26-23-6-3-19(18-7-10-29-11-8-18)14-24(23)31-27(33-26)30-20-15-21-4-5-22(16-20)36(21)12-2-9-28/h3,6-8,10-11,13-14,20-22H,2,4-5,12,15-16H2,1H3,(H3,30,31,32,33,34,35)/t20-,21-,22+. The largest absolute Gasteiger partial charge is 0.351 e. The molecule has 2 bridgehead atoms. The van der Waals surface area contributed by atoms with Crippen molar-refractivity contribution in [3.8, 4) is 17.2 Å². The molecule has 3 aromatic heterocycles. The summed E-state index contributed by atoms with van der Waals surface area (Å²) >= 11 is 0. The maximum absolute atomic E-state index is 9.03. The van der Waals surface area contributed by atoms with E-state index in [0.717, 1.165) is 58.7 Å². The second kappa shape index (κ2) is 9.55. The summed E-state index contributed by atoms with van der Waals surface area (Å²) in [5.74, 6) is 2.07. The van der Waals surface area contributed by atoms with Crippen LogP contribution in [0.15, 0.2) is 48.8 Å². The number of benzene rings is 1. The highest BCUT2D eigenvalue weighted by atomic mass is 15.3. The van der Waals surface area contributed by atoms with E-state index in [1.165, 1.54) is 12.8 Å². The molecule has 0 aliphatic carbocycles. The van der Waals surface area contributed by atoms with Crippen LogP contribution in [0.25, 0.3) is 22.0 Å². The fourth-order valence-electron chi connectivity index (χ4n) is 5.74. The predicted octanol–water partition coefficient (Wildman–Crippen LogP) is 4.79. The molecule has 2 saturated heterocycles. The van der Waals surface area contributed by atoms with E-state index in [9.17, 15) is 0 Å². The van der Waals surface area contributed by atoms with Crippen molar-refractivity contribution in [1.82, 2.24) is 30.0 Å². The number of pyridine rings is 1. The summed E-state index contributed by atoms with van der Waals surface area (Å²) in [6.45, 7) is 2.85. The first kappa shape index (κ1) is 22.4. The summed E-state index contributed by atoms with van der Waals surface area (Å²) in [5, 5.41) is 24.3. The van der Waals surface area contributed by atoms with Crippen LogP contribution in [0.2, 0.25) is 0 Å². The molecule has 3 atom stereocenters. The second-order valence-electron chi connectivity index (χ2n) is 9.77. The van der Waals surface area contributed by atoms with Crippen LogP contribution in [0.4, 0.5) is 17.6 Å². The Kier molecular flexibility index (Phi) is 5.95. The SMILES string of the molecule is Cc1cc(Nc2nc(N[C@@H]3C[C@H]4CC[C@@H](C3)N4CCC#N)nc3cc(-c4ccncc4)ccc23)n[nH]1. The second-order valence-corrected chi connectivity index (χ2v) is 9.77. The summed E-state index contributed by atoms with van der Waals surface area (Å²) in [6, 6.07) is 15.9. The number of nitrogens with one attached hydrogen (secondary N) is 3. The van der Waals surface area contributed by atoms with Crippen LogP contribution in [0, 0.1) is 18.3 Å². The molecule has 0 amide bonds. The molecule has 6 rings (SSSR count). The van der Waals surface area contributed by atoms with Gasteiger partial charge in [0.15, 0.2) is 5.82 Å². The Balaban J connectivity index is 1.31. The van der Waals surface area contributed by atoms with Crippen LogP contribution in [0.3, 0.4) is 0 Å². The molecule has 5 heterocycles. The Bertz CT molecular complexity index is 1390. The van der Waals surface area contributed by atoms with Crippen molar-refractivity contribution in [3.05, 3.63) is 54.5 Å². The quantitative estimate of drug-likeness (QED) is 0.346. The summed E-state index contributed by atoms with van der Waals surface area (Å²) < 4.78 is 0. The summed E-state index contributed by atoms with van der Waals surface area (Å²) in [5.41, 5.74) is 4.03. The van der Waals surface area contributed by atoms with Gasteiger partial charge in [0, 0.05) is 60.6 Å². The number of aromatic nitrogens is 5. The van der Waals surface area contributed by atoms with E-state index in [2.05, 4.69) is 55.0 Å². The Morgan fingerprint density at radius 1 is 1.06 bits per heavy atom. The number of aryl methyl sites for hydroxylation is 1.